The molecule has 1 heterocycles. The Morgan fingerprint density at radius 1 is 1.33 bits per heavy atom. The maximum atomic E-state index is 12.6. The molecule has 24 heavy (non-hydrogen) atoms. The lowest BCUT2D eigenvalue weighted by molar-refractivity contribution is -0.141. The highest BCUT2D eigenvalue weighted by atomic mass is 79.9. The van der Waals surface area contributed by atoms with E-state index in [0.29, 0.717) is 5.56 Å². The molecule has 1 aromatic carbocycles. The van der Waals surface area contributed by atoms with Crippen molar-refractivity contribution in [1.29, 1.82) is 0 Å². The van der Waals surface area contributed by atoms with Gasteiger partial charge in [0.1, 0.15) is 9.23 Å². The van der Waals surface area contributed by atoms with Gasteiger partial charge in [0.2, 0.25) is 10.0 Å². The zero-order chi connectivity index (χ0) is 17.9. The minimum Gasteiger partial charge on any atom is -0.469 e. The molecule has 0 amide bonds. The number of sulfonamides is 1. The highest BCUT2D eigenvalue weighted by molar-refractivity contribution is 9.10. The van der Waals surface area contributed by atoms with Crippen LogP contribution in [0.15, 0.2) is 39.7 Å². The Balaban J connectivity index is 2.35. The van der Waals surface area contributed by atoms with Crippen molar-refractivity contribution in [3.8, 4) is 0 Å². The van der Waals surface area contributed by atoms with Gasteiger partial charge >= 0.3 is 5.97 Å². The molecule has 0 bridgehead atoms. The summed E-state index contributed by atoms with van der Waals surface area (Å²) in [6, 6.07) is 7.40. The van der Waals surface area contributed by atoms with Crippen LogP contribution in [0.2, 0.25) is 8.67 Å². The summed E-state index contributed by atoms with van der Waals surface area (Å²) in [6.07, 6.45) is -0.160. The number of thiophene rings is 1. The van der Waals surface area contributed by atoms with Crippen LogP contribution >= 0.6 is 50.5 Å². The summed E-state index contributed by atoms with van der Waals surface area (Å²) in [6.45, 7) is 0. The Morgan fingerprint density at radius 3 is 2.46 bits per heavy atom. The largest absolute Gasteiger partial charge is 0.469 e. The lowest BCUT2D eigenvalue weighted by Crippen LogP contribution is -2.30. The normalized spacial score (nSPS) is 12.8. The SMILES string of the molecule is COC(=O)CC(NS(=O)(=O)c1cc(Cl)sc1Cl)c1ccc(Br)cc1. The van der Waals surface area contributed by atoms with Crippen molar-refractivity contribution in [3.05, 3.63) is 49.0 Å². The first kappa shape index (κ1) is 19.7. The Kier molecular flexibility index (Phi) is 6.69. The van der Waals surface area contributed by atoms with Crippen molar-refractivity contribution in [2.75, 3.05) is 7.11 Å². The zero-order valence-electron chi connectivity index (χ0n) is 12.3. The highest BCUT2D eigenvalue weighted by Gasteiger charge is 2.27. The van der Waals surface area contributed by atoms with Gasteiger partial charge in [0.15, 0.2) is 0 Å². The van der Waals surface area contributed by atoms with Gasteiger partial charge in [-0.25, -0.2) is 13.1 Å². The number of esters is 1. The first-order chi connectivity index (χ1) is 11.2. The Labute approximate surface area is 162 Å². The summed E-state index contributed by atoms with van der Waals surface area (Å²) in [5.41, 5.74) is 0.615. The number of hydrogen-bond acceptors (Lipinski definition) is 5. The second-order valence-electron chi connectivity index (χ2n) is 4.69. The summed E-state index contributed by atoms with van der Waals surface area (Å²) in [7, 11) is -2.72. The van der Waals surface area contributed by atoms with Crippen molar-refractivity contribution in [2.45, 2.75) is 17.4 Å². The third-order valence-electron chi connectivity index (χ3n) is 3.08. The minimum atomic E-state index is -3.96. The van der Waals surface area contributed by atoms with E-state index >= 15 is 0 Å². The van der Waals surface area contributed by atoms with Crippen molar-refractivity contribution < 1.29 is 17.9 Å². The van der Waals surface area contributed by atoms with Gasteiger partial charge in [0.05, 0.1) is 23.9 Å². The first-order valence-corrected chi connectivity index (χ1v) is 10.4. The molecule has 2 aromatic rings. The molecule has 1 aromatic heterocycles. The number of carbonyl (C=O) groups excluding carboxylic acids is 1. The fourth-order valence-electron chi connectivity index (χ4n) is 1.93. The zero-order valence-corrected chi connectivity index (χ0v) is 17.0. The topological polar surface area (TPSA) is 72.5 Å². The number of halogens is 3. The summed E-state index contributed by atoms with van der Waals surface area (Å²) < 4.78 is 33.4. The predicted molar refractivity (Wildman–Crippen MR) is 98.2 cm³/mol. The van der Waals surface area contributed by atoms with E-state index in [-0.39, 0.29) is 20.0 Å². The Morgan fingerprint density at radius 2 is 1.96 bits per heavy atom. The lowest BCUT2D eigenvalue weighted by atomic mass is 10.1. The van der Waals surface area contributed by atoms with Gasteiger partial charge in [-0.2, -0.15) is 0 Å². The molecule has 1 N–H and O–H groups in total. The van der Waals surface area contributed by atoms with E-state index in [1.165, 1.54) is 13.2 Å². The molecule has 1 atom stereocenters. The number of carbonyl (C=O) groups is 1. The standard InChI is InChI=1S/C14H12BrCl2NO4S2/c1-22-13(19)6-10(8-2-4-9(15)5-3-8)18-24(20,21)11-7-12(16)23-14(11)17/h2-5,7,10,18H,6H2,1H3. The summed E-state index contributed by atoms with van der Waals surface area (Å²) in [5.74, 6) is -0.542. The van der Waals surface area contributed by atoms with Crippen LogP contribution in [0.5, 0.6) is 0 Å². The smallest absolute Gasteiger partial charge is 0.307 e. The molecule has 130 valence electrons. The number of nitrogens with one attached hydrogen (secondary N) is 1. The van der Waals surface area contributed by atoms with E-state index in [1.54, 1.807) is 24.3 Å². The summed E-state index contributed by atoms with van der Waals surface area (Å²) >= 11 is 16.0. The number of ether oxygens (including phenoxy) is 1. The molecule has 0 fully saturated rings. The average molecular weight is 473 g/mol. The number of hydrogen-bond donors (Lipinski definition) is 1. The number of methoxy groups -OCH3 is 1. The van der Waals surface area contributed by atoms with E-state index in [4.69, 9.17) is 23.2 Å². The fraction of sp³-hybridized carbons (Fsp3) is 0.214. The molecule has 0 saturated heterocycles. The van der Waals surface area contributed by atoms with E-state index in [2.05, 4.69) is 25.4 Å². The Hall–Kier alpha value is -0.640. The molecule has 1 unspecified atom stereocenters. The third kappa shape index (κ3) is 4.93. The molecule has 0 aliphatic rings. The van der Waals surface area contributed by atoms with Crippen LogP contribution in [0.3, 0.4) is 0 Å². The molecular formula is C14H12BrCl2NO4S2. The maximum Gasteiger partial charge on any atom is 0.307 e. The molecule has 0 aliphatic carbocycles. The Bertz CT molecular complexity index is 837. The van der Waals surface area contributed by atoms with Crippen LogP contribution in [-0.4, -0.2) is 21.5 Å². The fourth-order valence-corrected chi connectivity index (χ4v) is 5.57. The molecule has 10 heteroatoms. The van der Waals surface area contributed by atoms with Gasteiger partial charge in [-0.05, 0) is 23.8 Å². The second-order valence-corrected chi connectivity index (χ2v) is 9.58. The third-order valence-corrected chi connectivity index (χ3v) is 6.84. The second kappa shape index (κ2) is 8.16. The predicted octanol–water partition coefficient (Wildman–Crippen LogP) is 4.40. The molecule has 0 radical (unpaired) electrons. The van der Waals surface area contributed by atoms with Crippen LogP contribution in [-0.2, 0) is 19.6 Å². The molecule has 0 aliphatic heterocycles. The van der Waals surface area contributed by atoms with Crippen LogP contribution in [0.4, 0.5) is 0 Å². The average Bonchev–Trinajstić information content (AvgIpc) is 2.86. The van der Waals surface area contributed by atoms with Gasteiger partial charge in [-0.3, -0.25) is 4.79 Å². The van der Waals surface area contributed by atoms with Gasteiger partial charge in [0.25, 0.3) is 0 Å². The van der Waals surface area contributed by atoms with Gasteiger partial charge < -0.3 is 4.74 Å². The van der Waals surface area contributed by atoms with E-state index in [9.17, 15) is 13.2 Å². The van der Waals surface area contributed by atoms with Crippen LogP contribution in [0, 0.1) is 0 Å². The maximum absolute atomic E-state index is 12.6. The van der Waals surface area contributed by atoms with Crippen molar-refractivity contribution >= 4 is 66.5 Å². The molecular weight excluding hydrogens is 461 g/mol. The van der Waals surface area contributed by atoms with Crippen LogP contribution in [0.25, 0.3) is 0 Å². The monoisotopic (exact) mass is 471 g/mol. The van der Waals surface area contributed by atoms with E-state index in [0.717, 1.165) is 15.8 Å². The molecule has 0 saturated carbocycles. The van der Waals surface area contributed by atoms with Crippen molar-refractivity contribution in [2.24, 2.45) is 0 Å². The van der Waals surface area contributed by atoms with E-state index in [1.807, 2.05) is 0 Å². The van der Waals surface area contributed by atoms with Crippen molar-refractivity contribution in [1.82, 2.24) is 4.72 Å². The minimum absolute atomic E-state index is 0.0557. The number of rotatable bonds is 6. The van der Waals surface area contributed by atoms with Gasteiger partial charge in [0, 0.05) is 4.47 Å². The van der Waals surface area contributed by atoms with Gasteiger partial charge in [-0.15, -0.1) is 11.3 Å². The van der Waals surface area contributed by atoms with Crippen molar-refractivity contribution in [3.63, 3.8) is 0 Å². The highest BCUT2D eigenvalue weighted by Crippen LogP contribution is 2.35. The van der Waals surface area contributed by atoms with Crippen LogP contribution < -0.4 is 4.72 Å². The summed E-state index contributed by atoms with van der Waals surface area (Å²) in [4.78, 5) is 11.5. The number of benzene rings is 1. The molecule has 0 spiro atoms. The summed E-state index contributed by atoms with van der Waals surface area (Å²) in [5, 5.41) is 0. The van der Waals surface area contributed by atoms with E-state index < -0.39 is 22.0 Å². The molecule has 5 nitrogen and oxygen atoms in total. The molecule has 2 rings (SSSR count). The quantitative estimate of drug-likeness (QED) is 0.632. The first-order valence-electron chi connectivity index (χ1n) is 6.52. The lowest BCUT2D eigenvalue weighted by Gasteiger charge is -2.18. The van der Waals surface area contributed by atoms with Crippen LogP contribution in [0.1, 0.15) is 18.0 Å². The van der Waals surface area contributed by atoms with Gasteiger partial charge in [-0.1, -0.05) is 51.3 Å².